The predicted octanol–water partition coefficient (Wildman–Crippen LogP) is 2.62. The highest BCUT2D eigenvalue weighted by molar-refractivity contribution is 6.63. The maximum absolute atomic E-state index is 13.5. The smallest absolute Gasteiger partial charge is 0.423 e. The molecule has 0 bridgehead atoms. The third-order valence-corrected chi connectivity index (χ3v) is 6.82. The Balaban J connectivity index is 1.77. The Labute approximate surface area is 191 Å². The summed E-state index contributed by atoms with van der Waals surface area (Å²) in [5.41, 5.74) is 0.652. The summed E-state index contributed by atoms with van der Waals surface area (Å²) in [6.45, 7) is 1.05. The van der Waals surface area contributed by atoms with Gasteiger partial charge in [-0.1, -0.05) is 48.0 Å². The van der Waals surface area contributed by atoms with Crippen molar-refractivity contribution < 1.29 is 28.0 Å². The Hall–Kier alpha value is -2.11. The maximum atomic E-state index is 13.5. The van der Waals surface area contributed by atoms with Crippen molar-refractivity contribution >= 4 is 51.9 Å². The number of hydrogen-bond acceptors (Lipinski definition) is 4. The van der Waals surface area contributed by atoms with Gasteiger partial charge in [-0.2, -0.15) is 13.2 Å². The van der Waals surface area contributed by atoms with Crippen LogP contribution in [0.15, 0.2) is 36.4 Å². The lowest BCUT2D eigenvalue weighted by Gasteiger charge is -2.21. The average molecular weight is 481 g/mol. The van der Waals surface area contributed by atoms with E-state index in [0.29, 0.717) is 45.9 Å². The van der Waals surface area contributed by atoms with Gasteiger partial charge in [-0.25, -0.2) is 0 Å². The van der Waals surface area contributed by atoms with Crippen molar-refractivity contribution in [3.63, 3.8) is 0 Å². The van der Waals surface area contributed by atoms with Crippen LogP contribution in [0.25, 0.3) is 12.2 Å². The van der Waals surface area contributed by atoms with Crippen molar-refractivity contribution in [2.24, 2.45) is 0 Å². The van der Waals surface area contributed by atoms with E-state index >= 15 is 0 Å². The highest BCUT2D eigenvalue weighted by atomic mass is 35.5. The summed E-state index contributed by atoms with van der Waals surface area (Å²) in [4.78, 5) is 14.1. The lowest BCUT2D eigenvalue weighted by atomic mass is 9.79. The summed E-state index contributed by atoms with van der Waals surface area (Å²) in [5.74, 6) is 0.0536. The monoisotopic (exact) mass is 480 g/mol. The van der Waals surface area contributed by atoms with E-state index in [1.54, 1.807) is 12.1 Å². The van der Waals surface area contributed by atoms with Gasteiger partial charge in [0, 0.05) is 23.5 Å². The molecule has 2 aromatic carbocycles. The summed E-state index contributed by atoms with van der Waals surface area (Å²) in [7, 11) is -1.45. The Kier molecular flexibility index (Phi) is 8.18. The average Bonchev–Trinajstić information content (AvgIpc) is 2.73. The molecule has 0 saturated carbocycles. The normalized spacial score (nSPS) is 16.9. The van der Waals surface area contributed by atoms with Gasteiger partial charge < -0.3 is 20.3 Å². The molecule has 1 amide bonds. The topological polar surface area (TPSA) is 81.6 Å². The molecule has 168 valence electrons. The first-order chi connectivity index (χ1) is 15.1. The number of halogens is 4. The molecule has 0 aliphatic carbocycles. The number of carbonyl (C=O) groups is 1. The van der Waals surface area contributed by atoms with E-state index in [1.165, 1.54) is 30.4 Å². The van der Waals surface area contributed by atoms with Crippen LogP contribution in [0.5, 0.6) is 0 Å². The molecule has 2 aromatic rings. The van der Waals surface area contributed by atoms with E-state index in [9.17, 15) is 28.0 Å². The van der Waals surface area contributed by atoms with E-state index in [1.807, 2.05) is 0 Å². The minimum absolute atomic E-state index is 0.0189. The Morgan fingerprint density at radius 2 is 1.97 bits per heavy atom. The van der Waals surface area contributed by atoms with Gasteiger partial charge >= 0.3 is 13.3 Å². The fraction of sp³-hybridized carbons (Fsp3) is 0.286. The van der Waals surface area contributed by atoms with Gasteiger partial charge in [0.25, 0.3) is 0 Å². The minimum Gasteiger partial charge on any atom is -0.423 e. The van der Waals surface area contributed by atoms with E-state index in [4.69, 9.17) is 11.6 Å². The van der Waals surface area contributed by atoms with Crippen LogP contribution in [0, 0.1) is 0 Å². The van der Waals surface area contributed by atoms with E-state index in [0.717, 1.165) is 12.5 Å². The number of amides is 1. The Bertz CT molecular complexity index is 995. The Morgan fingerprint density at radius 1 is 1.22 bits per heavy atom. The zero-order valence-electron chi connectivity index (χ0n) is 16.9. The number of hydrogen-bond donors (Lipinski definition) is 4. The molecular weight excluding hydrogens is 460 g/mol. The molecule has 32 heavy (non-hydrogen) atoms. The van der Waals surface area contributed by atoms with Gasteiger partial charge in [-0.3, -0.25) is 4.79 Å². The quantitative estimate of drug-likeness (QED) is 0.363. The summed E-state index contributed by atoms with van der Waals surface area (Å²) >= 11 is 6.15. The minimum atomic E-state index is -4.53. The van der Waals surface area contributed by atoms with Crippen molar-refractivity contribution in [1.82, 2.24) is 10.3 Å². The lowest BCUT2D eigenvalue weighted by molar-refractivity contribution is -0.137. The molecule has 1 aliphatic rings. The van der Waals surface area contributed by atoms with Crippen LogP contribution in [0.4, 0.5) is 13.2 Å². The van der Waals surface area contributed by atoms with Crippen molar-refractivity contribution in [1.29, 1.82) is 0 Å². The second-order valence-electron chi connectivity index (χ2n) is 7.44. The number of alkyl halides is 3. The second-order valence-corrected chi connectivity index (χ2v) is 9.17. The summed E-state index contributed by atoms with van der Waals surface area (Å²) in [6, 6.07) is 8.50. The number of nitrogens with one attached hydrogen (secondary N) is 2. The van der Waals surface area contributed by atoms with Crippen molar-refractivity contribution in [2.45, 2.75) is 31.1 Å². The van der Waals surface area contributed by atoms with Crippen LogP contribution in [-0.4, -0.2) is 39.3 Å². The van der Waals surface area contributed by atoms with Gasteiger partial charge in [0.2, 0.25) is 5.91 Å². The van der Waals surface area contributed by atoms with Crippen LogP contribution < -0.4 is 15.8 Å². The summed E-state index contributed by atoms with van der Waals surface area (Å²) in [5, 5.41) is 22.0. The van der Waals surface area contributed by atoms with Gasteiger partial charge in [-0.15, -0.1) is 0 Å². The largest absolute Gasteiger partial charge is 0.489 e. The molecule has 0 aromatic heterocycles. The van der Waals surface area contributed by atoms with Crippen molar-refractivity contribution in [2.75, 3.05) is 6.54 Å². The van der Waals surface area contributed by atoms with Crippen LogP contribution in [-0.2, 0) is 17.5 Å². The van der Waals surface area contributed by atoms with Crippen LogP contribution in [0.2, 0.25) is 10.6 Å². The van der Waals surface area contributed by atoms with E-state index in [-0.39, 0.29) is 22.0 Å². The van der Waals surface area contributed by atoms with Gasteiger partial charge in [0.05, 0.1) is 5.56 Å². The second kappa shape index (κ2) is 10.7. The van der Waals surface area contributed by atoms with Crippen LogP contribution in [0.1, 0.15) is 35.1 Å². The first-order valence-corrected chi connectivity index (χ1v) is 11.4. The summed E-state index contributed by atoms with van der Waals surface area (Å²) in [6.07, 6.45) is -0.507. The first-order valence-electron chi connectivity index (χ1n) is 9.93. The number of rotatable bonds is 7. The molecule has 1 atom stereocenters. The molecule has 1 fully saturated rings. The SMILES string of the molecule is O=C1CC[C@@H](CNCc2ccc(C(F)(F)F)c(/C=C/c3cccc(B(O)O)c3Cl)c2)[Si]N1. The maximum Gasteiger partial charge on any atom is 0.489 e. The fourth-order valence-corrected chi connectivity index (χ4v) is 4.67. The number of benzene rings is 2. The molecule has 1 heterocycles. The van der Waals surface area contributed by atoms with Gasteiger partial charge in [0.1, 0.15) is 0 Å². The van der Waals surface area contributed by atoms with Gasteiger partial charge in [-0.05, 0) is 47.3 Å². The highest BCUT2D eigenvalue weighted by Crippen LogP contribution is 2.33. The molecule has 5 nitrogen and oxygen atoms in total. The lowest BCUT2D eigenvalue weighted by Crippen LogP contribution is -2.39. The number of carbonyl (C=O) groups excluding carboxylic acids is 1. The fourth-order valence-electron chi connectivity index (χ4n) is 3.36. The molecule has 3 rings (SSSR count). The molecule has 1 aliphatic heterocycles. The molecule has 11 heteroatoms. The molecule has 1 saturated heterocycles. The predicted molar refractivity (Wildman–Crippen MR) is 120 cm³/mol. The third-order valence-electron chi connectivity index (χ3n) is 5.06. The zero-order valence-corrected chi connectivity index (χ0v) is 18.7. The van der Waals surface area contributed by atoms with Crippen LogP contribution in [0.3, 0.4) is 0 Å². The van der Waals surface area contributed by atoms with Crippen LogP contribution >= 0.6 is 11.6 Å². The Morgan fingerprint density at radius 3 is 2.62 bits per heavy atom. The van der Waals surface area contributed by atoms with Crippen molar-refractivity contribution in [3.05, 3.63) is 63.7 Å². The first kappa shape index (κ1) is 24.5. The molecule has 0 unspecified atom stereocenters. The van der Waals surface area contributed by atoms with E-state index < -0.39 is 18.9 Å². The van der Waals surface area contributed by atoms with Crippen molar-refractivity contribution in [3.8, 4) is 0 Å². The third kappa shape index (κ3) is 6.46. The summed E-state index contributed by atoms with van der Waals surface area (Å²) < 4.78 is 40.5. The molecule has 4 N–H and O–H groups in total. The molecule has 2 radical (unpaired) electrons. The molecular formula is C21H21BClF3N2O3Si. The standard InChI is InChI=1S/C21H21BClF3N2O3Si/c23-20-14(2-1-3-18(20)22(30)31)5-6-15-10-13(4-8-17(15)21(24,25)26)11-27-12-16-7-9-19(29)28-32-16/h1-6,8,10,16,27,30-31H,7,9,11-12H2,(H,28,29)/b6-5+/t16-/m0/s1. The highest BCUT2D eigenvalue weighted by Gasteiger charge is 2.32. The van der Waals surface area contributed by atoms with Gasteiger partial charge in [0.15, 0.2) is 9.68 Å². The zero-order chi connectivity index (χ0) is 23.3. The molecule has 0 spiro atoms. The van der Waals surface area contributed by atoms with E-state index in [2.05, 4.69) is 10.3 Å².